The van der Waals surface area contributed by atoms with Crippen LogP contribution in [0.1, 0.15) is 5.56 Å². The van der Waals surface area contributed by atoms with Crippen molar-refractivity contribution in [2.24, 2.45) is 10.1 Å². The van der Waals surface area contributed by atoms with E-state index in [4.69, 9.17) is 19.3 Å². The third kappa shape index (κ3) is 4.95. The Morgan fingerprint density at radius 2 is 1.90 bits per heavy atom. The number of rotatable bonds is 8. The van der Waals surface area contributed by atoms with Gasteiger partial charge in [0.05, 0.1) is 39.3 Å². The quantitative estimate of drug-likeness (QED) is 0.357. The highest BCUT2D eigenvalue weighted by Gasteiger charge is 2.11. The fourth-order valence-electron chi connectivity index (χ4n) is 2.74. The predicted octanol–water partition coefficient (Wildman–Crippen LogP) is 4.43. The van der Waals surface area contributed by atoms with Crippen molar-refractivity contribution in [3.63, 3.8) is 0 Å². The second kappa shape index (κ2) is 10.4. The largest absolute Gasteiger partial charge is 0.493 e. The number of aromatic nitrogens is 1. The molecule has 0 aliphatic rings. The van der Waals surface area contributed by atoms with Gasteiger partial charge >= 0.3 is 0 Å². The molecule has 0 radical (unpaired) electrons. The topological polar surface area (TPSA) is 57.3 Å². The molecular formula is C21H22BrN3O3S. The summed E-state index contributed by atoms with van der Waals surface area (Å²) in [4.78, 5) is 5.42. The van der Waals surface area contributed by atoms with Gasteiger partial charge < -0.3 is 14.2 Å². The summed E-state index contributed by atoms with van der Waals surface area (Å²) in [6.45, 7) is 1.11. The molecule has 0 unspecified atom stereocenters. The first kappa shape index (κ1) is 21.3. The predicted molar refractivity (Wildman–Crippen MR) is 120 cm³/mol. The molecule has 3 aromatic rings. The molecule has 0 amide bonds. The van der Waals surface area contributed by atoms with Gasteiger partial charge in [-0.25, -0.2) is 4.68 Å². The molecule has 8 heteroatoms. The summed E-state index contributed by atoms with van der Waals surface area (Å²) in [5.74, 6) is 1.29. The second-order valence-corrected chi connectivity index (χ2v) is 7.59. The Hall–Kier alpha value is -2.42. The molecule has 0 atom stereocenters. The van der Waals surface area contributed by atoms with Gasteiger partial charge in [-0.3, -0.25) is 4.99 Å². The van der Waals surface area contributed by atoms with E-state index in [0.717, 1.165) is 26.1 Å². The molecular weight excluding hydrogens is 454 g/mol. The van der Waals surface area contributed by atoms with Gasteiger partial charge in [0, 0.05) is 28.1 Å². The van der Waals surface area contributed by atoms with Crippen LogP contribution in [0.25, 0.3) is 11.3 Å². The van der Waals surface area contributed by atoms with Crippen LogP contribution in [-0.4, -0.2) is 45.4 Å². The van der Waals surface area contributed by atoms with Crippen LogP contribution in [0.4, 0.5) is 0 Å². The molecule has 3 rings (SSSR count). The molecule has 1 aromatic heterocycles. The highest BCUT2D eigenvalue weighted by Crippen LogP contribution is 2.30. The maximum absolute atomic E-state index is 5.51. The third-order valence-electron chi connectivity index (χ3n) is 4.12. The van der Waals surface area contributed by atoms with Crippen LogP contribution in [0, 0.1) is 0 Å². The zero-order valence-electron chi connectivity index (χ0n) is 16.5. The number of halogens is 1. The molecule has 1 heterocycles. The van der Waals surface area contributed by atoms with Crippen LogP contribution in [0.2, 0.25) is 0 Å². The second-order valence-electron chi connectivity index (χ2n) is 5.90. The monoisotopic (exact) mass is 475 g/mol. The average molecular weight is 476 g/mol. The van der Waals surface area contributed by atoms with Crippen LogP contribution in [-0.2, 0) is 4.74 Å². The molecule has 0 saturated heterocycles. The zero-order valence-corrected chi connectivity index (χ0v) is 18.9. The van der Waals surface area contributed by atoms with Crippen molar-refractivity contribution in [3.8, 4) is 22.8 Å². The number of benzene rings is 2. The van der Waals surface area contributed by atoms with Crippen molar-refractivity contribution in [2.45, 2.75) is 0 Å². The normalized spacial score (nSPS) is 11.9. The number of thiazole rings is 1. The van der Waals surface area contributed by atoms with Gasteiger partial charge in [0.1, 0.15) is 0 Å². The molecule has 152 valence electrons. The van der Waals surface area contributed by atoms with Crippen molar-refractivity contribution in [3.05, 3.63) is 62.7 Å². The van der Waals surface area contributed by atoms with Crippen LogP contribution in [0.15, 0.2) is 62.4 Å². The van der Waals surface area contributed by atoms with Gasteiger partial charge in [-0.1, -0.05) is 40.2 Å². The lowest BCUT2D eigenvalue weighted by Crippen LogP contribution is -2.14. The summed E-state index contributed by atoms with van der Waals surface area (Å²) < 4.78 is 18.8. The van der Waals surface area contributed by atoms with Crippen molar-refractivity contribution >= 4 is 33.5 Å². The first-order chi connectivity index (χ1) is 14.2. The van der Waals surface area contributed by atoms with Crippen molar-refractivity contribution < 1.29 is 14.2 Å². The van der Waals surface area contributed by atoms with E-state index < -0.39 is 0 Å². The molecule has 0 aliphatic carbocycles. The summed E-state index contributed by atoms with van der Waals surface area (Å²) in [7, 11) is 4.90. The minimum absolute atomic E-state index is 0.551. The molecule has 6 nitrogen and oxygen atoms in total. The molecule has 29 heavy (non-hydrogen) atoms. The summed E-state index contributed by atoms with van der Waals surface area (Å²) in [5, 5.41) is 6.78. The summed E-state index contributed by atoms with van der Waals surface area (Å²) in [6.07, 6.45) is 1.75. The summed E-state index contributed by atoms with van der Waals surface area (Å²) >= 11 is 5.16. The van der Waals surface area contributed by atoms with Crippen LogP contribution in [0.5, 0.6) is 11.5 Å². The highest BCUT2D eigenvalue weighted by molar-refractivity contribution is 9.10. The van der Waals surface area contributed by atoms with Crippen molar-refractivity contribution in [1.82, 2.24) is 4.68 Å². The summed E-state index contributed by atoms with van der Waals surface area (Å²) in [6, 6.07) is 13.7. The third-order valence-corrected chi connectivity index (χ3v) is 5.67. The number of methoxy groups -OCH3 is 3. The minimum Gasteiger partial charge on any atom is -0.493 e. The van der Waals surface area contributed by atoms with E-state index in [-0.39, 0.29) is 0 Å². The zero-order chi connectivity index (χ0) is 20.6. The van der Waals surface area contributed by atoms with Crippen LogP contribution in [0.3, 0.4) is 0 Å². The van der Waals surface area contributed by atoms with E-state index in [2.05, 4.69) is 20.9 Å². The first-order valence-electron chi connectivity index (χ1n) is 8.89. The Morgan fingerprint density at radius 3 is 2.62 bits per heavy atom. The van der Waals surface area contributed by atoms with Gasteiger partial charge in [-0.2, -0.15) is 5.10 Å². The minimum atomic E-state index is 0.551. The number of hydrogen-bond acceptors (Lipinski definition) is 6. The van der Waals surface area contributed by atoms with Crippen LogP contribution >= 0.6 is 27.3 Å². The molecule has 0 spiro atoms. The Morgan fingerprint density at radius 1 is 1.07 bits per heavy atom. The van der Waals surface area contributed by atoms with E-state index in [9.17, 15) is 0 Å². The van der Waals surface area contributed by atoms with Crippen molar-refractivity contribution in [2.75, 3.05) is 34.5 Å². The van der Waals surface area contributed by atoms with E-state index in [1.165, 1.54) is 11.3 Å². The maximum Gasteiger partial charge on any atom is 0.206 e. The van der Waals surface area contributed by atoms with Gasteiger partial charge in [-0.15, -0.1) is 11.3 Å². The number of hydrogen-bond donors (Lipinski definition) is 0. The van der Waals surface area contributed by atoms with Gasteiger partial charge in [0.15, 0.2) is 11.5 Å². The fourth-order valence-corrected chi connectivity index (χ4v) is 4.08. The lowest BCUT2D eigenvalue weighted by Gasteiger charge is -2.10. The Bertz CT molecular complexity index is 1060. The van der Waals surface area contributed by atoms with E-state index in [0.29, 0.717) is 24.7 Å². The number of para-hydroxylation sites is 1. The van der Waals surface area contributed by atoms with Crippen molar-refractivity contribution in [1.29, 1.82) is 0 Å². The standard InChI is InChI=1S/C21H22BrN3O3S/c1-26-12-11-23-21-25(18(14-29-21)16-8-4-5-9-17(16)22)24-13-15-7-6-10-19(27-2)20(15)28-3/h4-10,13-14H,11-12H2,1-3H3/b23-21?,24-13-. The molecule has 2 aromatic carbocycles. The average Bonchev–Trinajstić information content (AvgIpc) is 3.14. The maximum atomic E-state index is 5.51. The molecule has 0 bridgehead atoms. The van der Waals surface area contributed by atoms with Gasteiger partial charge in [0.25, 0.3) is 0 Å². The highest BCUT2D eigenvalue weighted by atomic mass is 79.9. The lowest BCUT2D eigenvalue weighted by molar-refractivity contribution is 0.207. The number of nitrogens with zero attached hydrogens (tertiary/aromatic N) is 3. The SMILES string of the molecule is COCCN=c1scc(-c2ccccc2Br)n1/N=C\c1cccc(OC)c1OC. The molecule has 0 N–H and O–H groups in total. The first-order valence-corrected chi connectivity index (χ1v) is 10.6. The lowest BCUT2D eigenvalue weighted by atomic mass is 10.2. The van der Waals surface area contributed by atoms with Gasteiger partial charge in [-0.05, 0) is 18.2 Å². The molecule has 0 saturated carbocycles. The van der Waals surface area contributed by atoms with Crippen LogP contribution < -0.4 is 14.3 Å². The van der Waals surface area contributed by atoms with E-state index in [1.54, 1.807) is 27.5 Å². The van der Waals surface area contributed by atoms with E-state index in [1.807, 2.05) is 52.5 Å². The Balaban J connectivity index is 2.10. The summed E-state index contributed by atoms with van der Waals surface area (Å²) in [5.41, 5.74) is 2.79. The Labute approximate surface area is 182 Å². The fraction of sp³-hybridized carbons (Fsp3) is 0.238. The van der Waals surface area contributed by atoms with E-state index >= 15 is 0 Å². The Kier molecular flexibility index (Phi) is 7.62. The number of ether oxygens (including phenoxy) is 3. The molecule has 0 fully saturated rings. The molecule has 0 aliphatic heterocycles. The smallest absolute Gasteiger partial charge is 0.206 e. The van der Waals surface area contributed by atoms with Gasteiger partial charge in [0.2, 0.25) is 4.80 Å².